The van der Waals surface area contributed by atoms with E-state index in [1.54, 1.807) is 6.92 Å². The van der Waals surface area contributed by atoms with Crippen molar-refractivity contribution in [1.82, 2.24) is 4.90 Å². The van der Waals surface area contributed by atoms with Gasteiger partial charge < -0.3 is 9.84 Å². The predicted octanol–water partition coefficient (Wildman–Crippen LogP) is 3.21. The highest BCUT2D eigenvalue weighted by Crippen LogP contribution is 2.31. The van der Waals surface area contributed by atoms with Gasteiger partial charge in [0.1, 0.15) is 12.1 Å². The molecule has 0 fully saturated rings. The molecule has 0 spiro atoms. The van der Waals surface area contributed by atoms with E-state index in [0.29, 0.717) is 25.8 Å². The fraction of sp³-hybridized carbons (Fsp3) is 0.412. The highest BCUT2D eigenvalue weighted by molar-refractivity contribution is 5.85. The largest absolute Gasteiger partial charge is 0.479 e. The Balaban J connectivity index is 2.10. The van der Waals surface area contributed by atoms with Crippen LogP contribution in [0.25, 0.3) is 0 Å². The van der Waals surface area contributed by atoms with Crippen molar-refractivity contribution in [2.75, 3.05) is 6.54 Å². The number of benzene rings is 1. The summed E-state index contributed by atoms with van der Waals surface area (Å²) in [7, 11) is 0. The quantitative estimate of drug-likeness (QED) is 0.848. The zero-order valence-corrected chi connectivity index (χ0v) is 12.7. The van der Waals surface area contributed by atoms with Gasteiger partial charge in [0, 0.05) is 6.54 Å². The Morgan fingerprint density at radius 2 is 2.00 bits per heavy atom. The molecule has 1 aromatic rings. The van der Waals surface area contributed by atoms with Gasteiger partial charge >= 0.3 is 12.1 Å². The number of carbonyl (C=O) groups is 2. The molecule has 1 aliphatic carbocycles. The molecule has 0 aromatic heterocycles. The van der Waals surface area contributed by atoms with Crippen molar-refractivity contribution in [3.8, 4) is 0 Å². The van der Waals surface area contributed by atoms with Crippen molar-refractivity contribution in [3.63, 3.8) is 0 Å². The molecule has 118 valence electrons. The van der Waals surface area contributed by atoms with Crippen LogP contribution in [-0.4, -0.2) is 34.2 Å². The number of nitrogens with zero attached hydrogens (tertiary/aromatic N) is 1. The fourth-order valence-electron chi connectivity index (χ4n) is 2.78. The van der Waals surface area contributed by atoms with E-state index in [1.165, 1.54) is 4.90 Å². The molecule has 1 atom stereocenters. The fourth-order valence-corrected chi connectivity index (χ4v) is 2.78. The minimum absolute atomic E-state index is 0.141. The molecule has 0 heterocycles. The SMILES string of the molecule is CCN(C(=O)OCc1ccccc1)C1(C(=O)O)CC=CCC1. The summed E-state index contributed by atoms with van der Waals surface area (Å²) >= 11 is 0. The molecule has 0 radical (unpaired) electrons. The summed E-state index contributed by atoms with van der Waals surface area (Å²) in [4.78, 5) is 25.5. The van der Waals surface area contributed by atoms with E-state index in [2.05, 4.69) is 0 Å². The van der Waals surface area contributed by atoms with Crippen LogP contribution in [-0.2, 0) is 16.1 Å². The van der Waals surface area contributed by atoms with Crippen LogP contribution in [0.2, 0.25) is 0 Å². The Labute approximate surface area is 130 Å². The van der Waals surface area contributed by atoms with Gasteiger partial charge in [0.25, 0.3) is 0 Å². The molecule has 0 saturated heterocycles. The van der Waals surface area contributed by atoms with Crippen LogP contribution in [0.3, 0.4) is 0 Å². The summed E-state index contributed by atoms with van der Waals surface area (Å²) in [5.74, 6) is -0.977. The monoisotopic (exact) mass is 303 g/mol. The molecule has 1 amide bonds. The number of rotatable bonds is 5. The van der Waals surface area contributed by atoms with Crippen LogP contribution in [0.4, 0.5) is 4.79 Å². The summed E-state index contributed by atoms with van der Waals surface area (Å²) in [6.07, 6.45) is 4.57. The average molecular weight is 303 g/mol. The maximum absolute atomic E-state index is 12.4. The summed E-state index contributed by atoms with van der Waals surface area (Å²) in [5, 5.41) is 9.64. The van der Waals surface area contributed by atoms with Gasteiger partial charge in [-0.25, -0.2) is 9.59 Å². The second-order valence-electron chi connectivity index (χ2n) is 5.34. The number of amides is 1. The van der Waals surface area contributed by atoms with Gasteiger partial charge in [-0.15, -0.1) is 0 Å². The number of carboxylic acid groups (broad SMARTS) is 1. The Morgan fingerprint density at radius 3 is 2.55 bits per heavy atom. The number of allylic oxidation sites excluding steroid dienone is 1. The van der Waals surface area contributed by atoms with Gasteiger partial charge in [-0.05, 0) is 31.7 Å². The maximum atomic E-state index is 12.4. The lowest BCUT2D eigenvalue weighted by atomic mass is 9.84. The Bertz CT molecular complexity index is 555. The second kappa shape index (κ2) is 7.11. The van der Waals surface area contributed by atoms with E-state index in [-0.39, 0.29) is 6.61 Å². The van der Waals surface area contributed by atoms with Gasteiger partial charge in [0.15, 0.2) is 0 Å². The lowest BCUT2D eigenvalue weighted by Gasteiger charge is -2.40. The number of hydrogen-bond donors (Lipinski definition) is 1. The Kier molecular flexibility index (Phi) is 5.20. The minimum atomic E-state index is -1.20. The van der Waals surface area contributed by atoms with Crippen molar-refractivity contribution in [1.29, 1.82) is 0 Å². The van der Waals surface area contributed by atoms with Crippen LogP contribution in [0.15, 0.2) is 42.5 Å². The van der Waals surface area contributed by atoms with E-state index in [9.17, 15) is 14.7 Å². The first-order valence-electron chi connectivity index (χ1n) is 7.47. The Hall–Kier alpha value is -2.30. The number of carboxylic acids is 1. The van der Waals surface area contributed by atoms with Crippen molar-refractivity contribution in [2.24, 2.45) is 0 Å². The third-order valence-electron chi connectivity index (χ3n) is 4.00. The number of likely N-dealkylation sites (N-methyl/N-ethyl adjacent to an activating group) is 1. The van der Waals surface area contributed by atoms with E-state index < -0.39 is 17.6 Å². The molecule has 22 heavy (non-hydrogen) atoms. The number of aliphatic carboxylic acids is 1. The van der Waals surface area contributed by atoms with Crippen molar-refractivity contribution < 1.29 is 19.4 Å². The molecular weight excluding hydrogens is 282 g/mol. The first-order chi connectivity index (χ1) is 10.6. The third-order valence-corrected chi connectivity index (χ3v) is 4.00. The summed E-state index contributed by atoms with van der Waals surface area (Å²) in [6.45, 7) is 2.21. The lowest BCUT2D eigenvalue weighted by molar-refractivity contribution is -0.151. The van der Waals surface area contributed by atoms with Crippen LogP contribution >= 0.6 is 0 Å². The molecule has 5 heteroatoms. The van der Waals surface area contributed by atoms with Gasteiger partial charge in [-0.3, -0.25) is 4.90 Å². The topological polar surface area (TPSA) is 66.8 Å². The summed E-state index contributed by atoms with van der Waals surface area (Å²) in [6, 6.07) is 9.34. The van der Waals surface area contributed by atoms with Crippen LogP contribution in [0.1, 0.15) is 31.7 Å². The molecule has 1 aliphatic rings. The van der Waals surface area contributed by atoms with Gasteiger partial charge in [-0.1, -0.05) is 42.5 Å². The molecule has 1 N–H and O–H groups in total. The molecular formula is C17H21NO4. The smallest absolute Gasteiger partial charge is 0.411 e. The second-order valence-corrected chi connectivity index (χ2v) is 5.34. The first-order valence-corrected chi connectivity index (χ1v) is 7.47. The van der Waals surface area contributed by atoms with Gasteiger partial charge in [0.05, 0.1) is 0 Å². The van der Waals surface area contributed by atoms with Gasteiger partial charge in [0.2, 0.25) is 0 Å². The number of carbonyl (C=O) groups excluding carboxylic acids is 1. The van der Waals surface area contributed by atoms with E-state index in [4.69, 9.17) is 4.74 Å². The van der Waals surface area contributed by atoms with Crippen molar-refractivity contribution in [2.45, 2.75) is 38.3 Å². The first kappa shape index (κ1) is 16.1. The number of hydrogen-bond acceptors (Lipinski definition) is 3. The zero-order valence-electron chi connectivity index (χ0n) is 12.7. The molecule has 5 nitrogen and oxygen atoms in total. The van der Waals surface area contributed by atoms with Crippen LogP contribution in [0, 0.1) is 0 Å². The van der Waals surface area contributed by atoms with Gasteiger partial charge in [-0.2, -0.15) is 0 Å². The highest BCUT2D eigenvalue weighted by atomic mass is 16.6. The zero-order chi connectivity index (χ0) is 16.0. The van der Waals surface area contributed by atoms with Crippen molar-refractivity contribution in [3.05, 3.63) is 48.0 Å². The molecule has 2 rings (SSSR count). The lowest BCUT2D eigenvalue weighted by Crippen LogP contribution is -2.57. The summed E-state index contributed by atoms with van der Waals surface area (Å²) in [5.41, 5.74) is -0.322. The molecule has 0 bridgehead atoms. The van der Waals surface area contributed by atoms with E-state index in [0.717, 1.165) is 5.56 Å². The minimum Gasteiger partial charge on any atom is -0.479 e. The highest BCUT2D eigenvalue weighted by Gasteiger charge is 2.46. The normalized spacial score (nSPS) is 20.4. The standard InChI is InChI=1S/C17H21NO4/c1-2-18(17(15(19)20)11-7-4-8-12-17)16(21)22-13-14-9-5-3-6-10-14/h3-7,9-10H,2,8,11-13H2,1H3,(H,19,20). The average Bonchev–Trinajstić information content (AvgIpc) is 2.55. The van der Waals surface area contributed by atoms with Crippen LogP contribution < -0.4 is 0 Å². The molecule has 1 unspecified atom stereocenters. The maximum Gasteiger partial charge on any atom is 0.411 e. The van der Waals surface area contributed by atoms with E-state index >= 15 is 0 Å². The van der Waals surface area contributed by atoms with Crippen LogP contribution in [0.5, 0.6) is 0 Å². The van der Waals surface area contributed by atoms with E-state index in [1.807, 2.05) is 42.5 Å². The third kappa shape index (κ3) is 3.30. The molecule has 1 aromatic carbocycles. The Morgan fingerprint density at radius 1 is 1.27 bits per heavy atom. The predicted molar refractivity (Wildman–Crippen MR) is 82.4 cm³/mol. The summed E-state index contributed by atoms with van der Waals surface area (Å²) < 4.78 is 5.31. The molecule has 0 aliphatic heterocycles. The molecule has 0 saturated carbocycles. The number of ether oxygens (including phenoxy) is 1. The van der Waals surface area contributed by atoms with Crippen molar-refractivity contribution >= 4 is 12.1 Å².